The van der Waals surface area contributed by atoms with E-state index in [1.54, 1.807) is 6.07 Å². The molecule has 0 aromatic heterocycles. The lowest BCUT2D eigenvalue weighted by Gasteiger charge is -2.44. The highest BCUT2D eigenvalue weighted by atomic mass is 35.5. The van der Waals surface area contributed by atoms with Crippen molar-refractivity contribution in [3.05, 3.63) is 29.3 Å². The number of carbonyl (C=O) groups excluding carboxylic acids is 1. The zero-order chi connectivity index (χ0) is 11.8. The number of benzene rings is 1. The molecule has 0 bridgehead atoms. The van der Waals surface area contributed by atoms with Crippen LogP contribution in [-0.2, 0) is 4.79 Å². The van der Waals surface area contributed by atoms with Crippen LogP contribution in [0.3, 0.4) is 0 Å². The van der Waals surface area contributed by atoms with E-state index in [2.05, 4.69) is 0 Å². The van der Waals surface area contributed by atoms with Crippen LogP contribution < -0.4 is 4.74 Å². The Balaban J connectivity index is 2.13. The Kier molecular flexibility index (Phi) is 2.94. The molecule has 0 aliphatic heterocycles. The summed E-state index contributed by atoms with van der Waals surface area (Å²) in [6.45, 7) is 3.97. The molecule has 0 N–H and O–H groups in total. The summed E-state index contributed by atoms with van der Waals surface area (Å²) in [5, 5.41) is 0.598. The van der Waals surface area contributed by atoms with Crippen molar-refractivity contribution in [2.45, 2.75) is 32.8 Å². The Morgan fingerprint density at radius 1 is 1.50 bits per heavy atom. The lowest BCUT2D eigenvalue weighted by molar-refractivity contribution is -0.150. The molecule has 0 saturated heterocycles. The third-order valence-corrected chi connectivity index (χ3v) is 3.87. The second-order valence-electron chi connectivity index (χ2n) is 4.44. The van der Waals surface area contributed by atoms with Gasteiger partial charge in [-0.3, -0.25) is 4.79 Å². The van der Waals surface area contributed by atoms with Gasteiger partial charge in [0.15, 0.2) is 0 Å². The Labute approximate surface area is 101 Å². The summed E-state index contributed by atoms with van der Waals surface area (Å²) in [6.07, 6.45) is 1.26. The fourth-order valence-corrected chi connectivity index (χ4v) is 2.15. The van der Waals surface area contributed by atoms with Gasteiger partial charge >= 0.3 is 0 Å². The normalized spacial score (nSPS) is 28.7. The van der Waals surface area contributed by atoms with E-state index >= 15 is 0 Å². The van der Waals surface area contributed by atoms with Crippen LogP contribution >= 0.6 is 11.6 Å². The summed E-state index contributed by atoms with van der Waals surface area (Å²) >= 11 is 6.01. The smallest absolute Gasteiger partial charge is 0.146 e. The molecule has 2 nitrogen and oxygen atoms in total. The molecule has 2 atom stereocenters. The Morgan fingerprint density at radius 2 is 2.19 bits per heavy atom. The molecule has 2 rings (SSSR count). The molecule has 16 heavy (non-hydrogen) atoms. The number of para-hydroxylation sites is 1. The van der Waals surface area contributed by atoms with Gasteiger partial charge in [-0.15, -0.1) is 0 Å². The molecule has 1 aliphatic rings. The van der Waals surface area contributed by atoms with Gasteiger partial charge in [0.2, 0.25) is 0 Å². The molecule has 1 aliphatic carbocycles. The minimum absolute atomic E-state index is 0.0371. The van der Waals surface area contributed by atoms with Gasteiger partial charge in [-0.25, -0.2) is 0 Å². The maximum absolute atomic E-state index is 11.6. The molecular weight excluding hydrogens is 224 g/mol. The van der Waals surface area contributed by atoms with E-state index in [-0.39, 0.29) is 17.3 Å². The molecule has 3 heteroatoms. The van der Waals surface area contributed by atoms with Gasteiger partial charge in [0, 0.05) is 6.42 Å². The Hall–Kier alpha value is -1.02. The zero-order valence-electron chi connectivity index (χ0n) is 9.50. The second-order valence-corrected chi connectivity index (χ2v) is 4.84. The van der Waals surface area contributed by atoms with Gasteiger partial charge in [-0.2, -0.15) is 0 Å². The summed E-state index contributed by atoms with van der Waals surface area (Å²) in [4.78, 5) is 11.6. The van der Waals surface area contributed by atoms with Gasteiger partial charge in [0.1, 0.15) is 17.6 Å². The van der Waals surface area contributed by atoms with E-state index in [9.17, 15) is 4.79 Å². The quantitative estimate of drug-likeness (QED) is 0.806. The van der Waals surface area contributed by atoms with E-state index in [1.807, 2.05) is 32.0 Å². The van der Waals surface area contributed by atoms with Crippen LogP contribution in [0.25, 0.3) is 0 Å². The average molecular weight is 239 g/mol. The van der Waals surface area contributed by atoms with Crippen LogP contribution in [0.15, 0.2) is 24.3 Å². The Bertz CT molecular complexity index is 416. The number of halogens is 1. The first-order chi connectivity index (χ1) is 7.58. The van der Waals surface area contributed by atoms with Crippen molar-refractivity contribution in [3.63, 3.8) is 0 Å². The number of ether oxygens (including phenoxy) is 1. The minimum Gasteiger partial charge on any atom is -0.487 e. The fraction of sp³-hybridized carbons (Fsp3) is 0.462. The average Bonchev–Trinajstić information content (AvgIpc) is 2.30. The molecule has 0 spiro atoms. The van der Waals surface area contributed by atoms with Gasteiger partial charge in [-0.05, 0) is 25.5 Å². The number of Topliss-reactive ketones (excluding diaryl/α,β-unsaturated/α-hetero) is 1. The minimum atomic E-state index is -0.334. The molecule has 1 saturated carbocycles. The number of carbonyl (C=O) groups is 1. The van der Waals surface area contributed by atoms with E-state index in [1.165, 1.54) is 0 Å². The van der Waals surface area contributed by atoms with Gasteiger partial charge in [0.25, 0.3) is 0 Å². The summed E-state index contributed by atoms with van der Waals surface area (Å²) in [7, 11) is 0. The zero-order valence-corrected chi connectivity index (χ0v) is 10.3. The first-order valence-electron chi connectivity index (χ1n) is 5.52. The van der Waals surface area contributed by atoms with Crippen LogP contribution in [-0.4, -0.2) is 11.9 Å². The van der Waals surface area contributed by atoms with E-state index in [0.29, 0.717) is 17.2 Å². The monoisotopic (exact) mass is 238 g/mol. The number of hydrogen-bond acceptors (Lipinski definition) is 2. The lowest BCUT2D eigenvalue weighted by atomic mass is 9.64. The lowest BCUT2D eigenvalue weighted by Crippen LogP contribution is -2.54. The van der Waals surface area contributed by atoms with E-state index in [0.717, 1.165) is 6.42 Å². The second kappa shape index (κ2) is 4.10. The van der Waals surface area contributed by atoms with E-state index < -0.39 is 0 Å². The molecule has 0 heterocycles. The fourth-order valence-electron chi connectivity index (χ4n) is 1.97. The van der Waals surface area contributed by atoms with Crippen LogP contribution in [0.4, 0.5) is 0 Å². The molecule has 1 aromatic carbocycles. The first kappa shape index (κ1) is 11.5. The van der Waals surface area contributed by atoms with Gasteiger partial charge in [-0.1, -0.05) is 30.7 Å². The van der Waals surface area contributed by atoms with Crippen molar-refractivity contribution in [2.75, 3.05) is 0 Å². The third-order valence-electron chi connectivity index (χ3n) is 3.56. The standard InChI is InChI=1S/C13H15ClO2/c1-3-13(2)11(15)8-12(13)16-10-7-5-4-6-9(10)14/h4-7,12H,3,8H2,1-2H3. The number of rotatable bonds is 3. The molecule has 2 unspecified atom stereocenters. The summed E-state index contributed by atoms with van der Waals surface area (Å²) in [6, 6.07) is 7.37. The van der Waals surface area contributed by atoms with Crippen LogP contribution in [0.1, 0.15) is 26.7 Å². The SMILES string of the molecule is CCC1(C)C(=O)CC1Oc1ccccc1Cl. The highest BCUT2D eigenvalue weighted by Crippen LogP contribution is 2.43. The molecule has 0 radical (unpaired) electrons. The highest BCUT2D eigenvalue weighted by molar-refractivity contribution is 6.32. The maximum Gasteiger partial charge on any atom is 0.146 e. The van der Waals surface area contributed by atoms with Crippen LogP contribution in [0, 0.1) is 5.41 Å². The van der Waals surface area contributed by atoms with Crippen LogP contribution in [0.2, 0.25) is 5.02 Å². The topological polar surface area (TPSA) is 26.3 Å². The van der Waals surface area contributed by atoms with Crippen molar-refractivity contribution < 1.29 is 9.53 Å². The van der Waals surface area contributed by atoms with E-state index in [4.69, 9.17) is 16.3 Å². The highest BCUT2D eigenvalue weighted by Gasteiger charge is 2.51. The van der Waals surface area contributed by atoms with Gasteiger partial charge < -0.3 is 4.74 Å². The molecule has 1 aromatic rings. The first-order valence-corrected chi connectivity index (χ1v) is 5.90. The third kappa shape index (κ3) is 1.71. The predicted octanol–water partition coefficient (Wildman–Crippen LogP) is 3.48. The van der Waals surface area contributed by atoms with Crippen LogP contribution in [0.5, 0.6) is 5.75 Å². The van der Waals surface area contributed by atoms with Crippen molar-refractivity contribution in [1.82, 2.24) is 0 Å². The van der Waals surface area contributed by atoms with Crippen molar-refractivity contribution in [2.24, 2.45) is 5.41 Å². The predicted molar refractivity (Wildman–Crippen MR) is 63.9 cm³/mol. The molecule has 1 fully saturated rings. The number of hydrogen-bond donors (Lipinski definition) is 0. The molecule has 86 valence electrons. The molecular formula is C13H15ClO2. The maximum atomic E-state index is 11.6. The van der Waals surface area contributed by atoms with Crippen molar-refractivity contribution in [1.29, 1.82) is 0 Å². The Morgan fingerprint density at radius 3 is 2.75 bits per heavy atom. The number of ketones is 1. The van der Waals surface area contributed by atoms with Gasteiger partial charge in [0.05, 0.1) is 10.4 Å². The largest absolute Gasteiger partial charge is 0.487 e. The summed E-state index contributed by atoms with van der Waals surface area (Å²) in [5.74, 6) is 0.952. The van der Waals surface area contributed by atoms with Crippen molar-refractivity contribution in [3.8, 4) is 5.75 Å². The van der Waals surface area contributed by atoms with Crippen molar-refractivity contribution >= 4 is 17.4 Å². The molecule has 0 amide bonds. The summed E-state index contributed by atoms with van der Waals surface area (Å²) < 4.78 is 5.81. The summed E-state index contributed by atoms with van der Waals surface area (Å²) in [5.41, 5.74) is -0.334.